The van der Waals surface area contributed by atoms with Crippen LogP contribution in [-0.4, -0.2) is 13.4 Å². The summed E-state index contributed by atoms with van der Waals surface area (Å²) < 4.78 is 21.9. The standard InChI is InChI=1S/C5H2Cl2INO2S/c6-3-1-2-4(9-5(3)8)12(7,10)11/h1-2H. The van der Waals surface area contributed by atoms with Gasteiger partial charge in [0.15, 0.2) is 5.03 Å². The molecule has 1 aromatic heterocycles. The van der Waals surface area contributed by atoms with Gasteiger partial charge in [-0.05, 0) is 34.7 Å². The maximum atomic E-state index is 10.8. The van der Waals surface area contributed by atoms with Crippen LogP contribution in [0.3, 0.4) is 0 Å². The molecule has 7 heteroatoms. The highest BCUT2D eigenvalue weighted by molar-refractivity contribution is 14.1. The quantitative estimate of drug-likeness (QED) is 0.448. The summed E-state index contributed by atoms with van der Waals surface area (Å²) >= 11 is 7.45. The number of pyridine rings is 1. The van der Waals surface area contributed by atoms with E-state index in [1.54, 1.807) is 0 Å². The van der Waals surface area contributed by atoms with Crippen molar-refractivity contribution in [3.63, 3.8) is 0 Å². The van der Waals surface area contributed by atoms with Gasteiger partial charge in [-0.3, -0.25) is 0 Å². The van der Waals surface area contributed by atoms with E-state index < -0.39 is 9.05 Å². The molecule has 0 aliphatic heterocycles. The highest BCUT2D eigenvalue weighted by Gasteiger charge is 2.12. The van der Waals surface area contributed by atoms with Crippen molar-refractivity contribution in [3.05, 3.63) is 20.9 Å². The zero-order valence-electron chi connectivity index (χ0n) is 5.46. The predicted molar refractivity (Wildman–Crippen MR) is 55.0 cm³/mol. The number of hydrogen-bond donors (Lipinski definition) is 0. The Morgan fingerprint density at radius 2 is 2.00 bits per heavy atom. The molecule has 0 spiro atoms. The average Bonchev–Trinajstić information content (AvgIpc) is 1.92. The summed E-state index contributed by atoms with van der Waals surface area (Å²) in [7, 11) is 1.30. The van der Waals surface area contributed by atoms with Gasteiger partial charge in [-0.15, -0.1) is 0 Å². The lowest BCUT2D eigenvalue weighted by molar-refractivity contribution is 0.606. The lowest BCUT2D eigenvalue weighted by Crippen LogP contribution is -1.96. The summed E-state index contributed by atoms with van der Waals surface area (Å²) in [5.41, 5.74) is 0. The van der Waals surface area contributed by atoms with Crippen LogP contribution in [0.25, 0.3) is 0 Å². The van der Waals surface area contributed by atoms with Crippen molar-refractivity contribution in [2.75, 3.05) is 0 Å². The molecule has 0 saturated heterocycles. The molecule has 0 aliphatic carbocycles. The van der Waals surface area contributed by atoms with Crippen LogP contribution in [0, 0.1) is 3.70 Å². The predicted octanol–water partition coefficient (Wildman–Crippen LogP) is 2.27. The first-order chi connectivity index (χ1) is 5.41. The molecule has 66 valence electrons. The summed E-state index contributed by atoms with van der Waals surface area (Å²) in [6.07, 6.45) is 0. The van der Waals surface area contributed by atoms with Crippen molar-refractivity contribution < 1.29 is 8.42 Å². The van der Waals surface area contributed by atoms with Gasteiger partial charge in [-0.25, -0.2) is 13.4 Å². The first-order valence-corrected chi connectivity index (χ1v) is 6.44. The Hall–Kier alpha value is 0.410. The molecule has 0 atom stereocenters. The molecular weight excluding hydrogens is 336 g/mol. The Morgan fingerprint density at radius 1 is 1.42 bits per heavy atom. The molecule has 0 N–H and O–H groups in total. The first kappa shape index (κ1) is 10.5. The SMILES string of the molecule is O=S(=O)(Cl)c1ccc(Cl)c(I)n1. The van der Waals surface area contributed by atoms with Crippen molar-refractivity contribution in [2.45, 2.75) is 5.03 Å². The van der Waals surface area contributed by atoms with Gasteiger partial charge >= 0.3 is 0 Å². The molecule has 1 rings (SSSR count). The molecule has 0 aliphatic rings. The minimum atomic E-state index is -3.74. The highest BCUT2D eigenvalue weighted by Crippen LogP contribution is 2.19. The average molecular weight is 338 g/mol. The molecule has 0 fully saturated rings. The largest absolute Gasteiger partial charge is 0.278 e. The van der Waals surface area contributed by atoms with E-state index in [9.17, 15) is 8.42 Å². The molecule has 1 aromatic rings. The van der Waals surface area contributed by atoms with Crippen molar-refractivity contribution in [1.29, 1.82) is 0 Å². The number of halogens is 3. The zero-order chi connectivity index (χ0) is 9.35. The lowest BCUT2D eigenvalue weighted by atomic mass is 10.5. The van der Waals surface area contributed by atoms with Crippen LogP contribution in [0.1, 0.15) is 0 Å². The molecule has 0 bridgehead atoms. The van der Waals surface area contributed by atoms with Gasteiger partial charge in [0, 0.05) is 10.7 Å². The van der Waals surface area contributed by atoms with Crippen molar-refractivity contribution in [3.8, 4) is 0 Å². The molecule has 0 unspecified atom stereocenters. The summed E-state index contributed by atoms with van der Waals surface area (Å²) in [6, 6.07) is 2.69. The van der Waals surface area contributed by atoms with Crippen molar-refractivity contribution >= 4 is 53.9 Å². The van der Waals surface area contributed by atoms with Gasteiger partial charge < -0.3 is 0 Å². The third kappa shape index (κ3) is 2.45. The molecule has 0 aromatic carbocycles. The maximum Gasteiger partial charge on any atom is 0.278 e. The van der Waals surface area contributed by atoms with E-state index in [-0.39, 0.29) is 5.03 Å². The Balaban J connectivity index is 3.33. The highest BCUT2D eigenvalue weighted by atomic mass is 127. The minimum absolute atomic E-state index is 0.182. The third-order valence-electron chi connectivity index (χ3n) is 1.03. The minimum Gasteiger partial charge on any atom is -0.227 e. The van der Waals surface area contributed by atoms with Crippen molar-refractivity contribution in [2.24, 2.45) is 0 Å². The van der Waals surface area contributed by atoms with E-state index in [1.807, 2.05) is 22.6 Å². The van der Waals surface area contributed by atoms with E-state index in [0.717, 1.165) is 0 Å². The van der Waals surface area contributed by atoms with Gasteiger partial charge in [-0.1, -0.05) is 11.6 Å². The Labute approximate surface area is 92.6 Å². The number of rotatable bonds is 1. The molecule has 1 heterocycles. The van der Waals surface area contributed by atoms with Crippen LogP contribution >= 0.6 is 44.9 Å². The zero-order valence-corrected chi connectivity index (χ0v) is 9.95. The monoisotopic (exact) mass is 337 g/mol. The van der Waals surface area contributed by atoms with Crippen LogP contribution in [0.2, 0.25) is 5.02 Å². The van der Waals surface area contributed by atoms with E-state index in [0.29, 0.717) is 8.72 Å². The van der Waals surface area contributed by atoms with E-state index in [1.165, 1.54) is 12.1 Å². The van der Waals surface area contributed by atoms with Crippen molar-refractivity contribution in [1.82, 2.24) is 4.98 Å². The van der Waals surface area contributed by atoms with Crippen LogP contribution in [0.4, 0.5) is 0 Å². The normalized spacial score (nSPS) is 11.6. The lowest BCUT2D eigenvalue weighted by Gasteiger charge is -1.97. The number of hydrogen-bond acceptors (Lipinski definition) is 3. The second-order valence-corrected chi connectivity index (χ2v) is 5.80. The first-order valence-electron chi connectivity index (χ1n) is 2.68. The molecular formula is C5H2Cl2INO2S. The number of aromatic nitrogens is 1. The van der Waals surface area contributed by atoms with Crippen LogP contribution < -0.4 is 0 Å². The Kier molecular flexibility index (Phi) is 3.19. The van der Waals surface area contributed by atoms with Crippen LogP contribution in [-0.2, 0) is 9.05 Å². The maximum absolute atomic E-state index is 10.8. The van der Waals surface area contributed by atoms with Crippen LogP contribution in [0.5, 0.6) is 0 Å². The Bertz CT molecular complexity index is 406. The summed E-state index contributed by atoms with van der Waals surface area (Å²) in [4.78, 5) is 3.68. The van der Waals surface area contributed by atoms with Gasteiger partial charge in [0.05, 0.1) is 5.02 Å². The second-order valence-electron chi connectivity index (χ2n) is 1.86. The van der Waals surface area contributed by atoms with Crippen LogP contribution in [0.15, 0.2) is 17.2 Å². The Morgan fingerprint density at radius 3 is 2.42 bits per heavy atom. The fraction of sp³-hybridized carbons (Fsp3) is 0. The third-order valence-corrected chi connectivity index (χ3v) is 3.67. The fourth-order valence-electron chi connectivity index (χ4n) is 0.536. The van der Waals surface area contributed by atoms with Gasteiger partial charge in [0.1, 0.15) is 3.70 Å². The molecule has 0 radical (unpaired) electrons. The smallest absolute Gasteiger partial charge is 0.227 e. The second kappa shape index (κ2) is 3.65. The van der Waals surface area contributed by atoms with Gasteiger partial charge in [0.2, 0.25) is 0 Å². The topological polar surface area (TPSA) is 47.0 Å². The van der Waals surface area contributed by atoms with Gasteiger partial charge in [0.25, 0.3) is 9.05 Å². The molecule has 3 nitrogen and oxygen atoms in total. The van der Waals surface area contributed by atoms with E-state index in [2.05, 4.69) is 4.98 Å². The fourth-order valence-corrected chi connectivity index (χ4v) is 1.93. The van der Waals surface area contributed by atoms with E-state index in [4.69, 9.17) is 22.3 Å². The molecule has 0 amide bonds. The summed E-state index contributed by atoms with van der Waals surface area (Å²) in [5, 5.41) is 0.220. The molecule has 0 saturated carbocycles. The molecule has 12 heavy (non-hydrogen) atoms. The van der Waals surface area contributed by atoms with E-state index >= 15 is 0 Å². The van der Waals surface area contributed by atoms with Gasteiger partial charge in [-0.2, -0.15) is 0 Å². The summed E-state index contributed by atoms with van der Waals surface area (Å²) in [6.45, 7) is 0. The number of nitrogens with zero attached hydrogens (tertiary/aromatic N) is 1. The summed E-state index contributed by atoms with van der Waals surface area (Å²) in [5.74, 6) is 0.